The number of methoxy groups -OCH3 is 2. The molecule has 66 heavy (non-hydrogen) atoms. The highest BCUT2D eigenvalue weighted by atomic mass is 16.5. The number of carbonyl (C=O) groups excluding carboxylic acids is 4. The van der Waals surface area contributed by atoms with E-state index in [9.17, 15) is 19.2 Å². The Kier molecular flexibility index (Phi) is 11.4. The van der Waals surface area contributed by atoms with Gasteiger partial charge in [0.1, 0.15) is 36.1 Å². The standard InChI is InChI=1S/C51H48N8O7/c1-64-50(62)56-43(30-11-5-3-6-12-30)48(60)58-23-9-15-41(58)46-52-27-39(54-46)33-19-21-37-32(25-33)17-22-38-36-20-18-34(26-35(36)29-66-45(37)38)40-28-53-47(55-40)42-16-10-24-59(42)49(61)44(57-51(63)65-2)31-13-7-4-8-14-31/h3-8,11-14,17-22,25-28,41-44H,9-10,15-16,23-24,29H2,1-2H3,(H,52,54)(H,53,55)(H,56,62)(H,57,63)/t41-,42?,43?,44?/m0/s1. The lowest BCUT2D eigenvalue weighted by Crippen LogP contribution is -2.42. The number of imidazole rings is 2. The highest BCUT2D eigenvalue weighted by molar-refractivity contribution is 5.98. The number of hydrogen-bond acceptors (Lipinski definition) is 9. The average Bonchev–Trinajstić information content (AvgIpc) is 4.22. The first-order chi connectivity index (χ1) is 32.3. The number of aromatic nitrogens is 4. The molecule has 2 aromatic heterocycles. The van der Waals surface area contributed by atoms with Gasteiger partial charge in [0, 0.05) is 29.6 Å². The van der Waals surface area contributed by atoms with Crippen LogP contribution in [0, 0.1) is 0 Å². The number of amides is 4. The maximum Gasteiger partial charge on any atom is 0.407 e. The van der Waals surface area contributed by atoms with Gasteiger partial charge in [-0.15, -0.1) is 0 Å². The zero-order chi connectivity index (χ0) is 45.3. The van der Waals surface area contributed by atoms with Crippen molar-refractivity contribution >= 4 is 34.8 Å². The Labute approximate surface area is 380 Å². The Morgan fingerprint density at radius 1 is 0.652 bits per heavy atom. The number of likely N-dealkylation sites (tertiary alicyclic amines) is 2. The van der Waals surface area contributed by atoms with Crippen LogP contribution in [0.5, 0.6) is 5.75 Å². The zero-order valence-corrected chi connectivity index (χ0v) is 36.5. The molecule has 5 aromatic carbocycles. The Hall–Kier alpha value is -7.94. The van der Waals surface area contributed by atoms with Crippen molar-refractivity contribution < 1.29 is 33.4 Å². The van der Waals surface area contributed by atoms with Crippen molar-refractivity contribution in [1.29, 1.82) is 0 Å². The summed E-state index contributed by atoms with van der Waals surface area (Å²) < 4.78 is 16.2. The summed E-state index contributed by atoms with van der Waals surface area (Å²) in [6.45, 7) is 1.47. The van der Waals surface area contributed by atoms with E-state index in [2.05, 4.69) is 69.1 Å². The molecule has 10 rings (SSSR count). The van der Waals surface area contributed by atoms with Crippen molar-refractivity contribution in [3.63, 3.8) is 0 Å². The molecule has 0 bridgehead atoms. The van der Waals surface area contributed by atoms with Crippen LogP contribution < -0.4 is 15.4 Å². The summed E-state index contributed by atoms with van der Waals surface area (Å²) in [7, 11) is 2.56. The normalized spacial score (nSPS) is 17.3. The summed E-state index contributed by atoms with van der Waals surface area (Å²) in [4.78, 5) is 72.7. The smallest absolute Gasteiger partial charge is 0.407 e. The molecule has 15 heteroatoms. The van der Waals surface area contributed by atoms with Crippen molar-refractivity contribution in [3.05, 3.63) is 150 Å². The molecule has 4 atom stereocenters. The first-order valence-electron chi connectivity index (χ1n) is 22.1. The molecule has 2 fully saturated rings. The van der Waals surface area contributed by atoms with Gasteiger partial charge in [0.2, 0.25) is 0 Å². The first-order valence-corrected chi connectivity index (χ1v) is 22.1. The fourth-order valence-electron chi connectivity index (χ4n) is 9.62. The second kappa shape index (κ2) is 17.9. The summed E-state index contributed by atoms with van der Waals surface area (Å²) in [5.74, 6) is 1.76. The lowest BCUT2D eigenvalue weighted by Gasteiger charge is -2.28. The number of alkyl carbamates (subject to hydrolysis) is 2. The molecule has 3 unspecified atom stereocenters. The molecule has 15 nitrogen and oxygen atoms in total. The van der Waals surface area contributed by atoms with Crippen LogP contribution in [0.4, 0.5) is 9.59 Å². The fraction of sp³-hybridized carbons (Fsp3) is 0.255. The fourth-order valence-corrected chi connectivity index (χ4v) is 9.62. The van der Waals surface area contributed by atoms with Crippen LogP contribution >= 0.6 is 0 Å². The number of carbonyl (C=O) groups is 4. The minimum absolute atomic E-state index is 0.220. The number of ether oxygens (including phenoxy) is 3. The summed E-state index contributed by atoms with van der Waals surface area (Å²) in [6, 6.07) is 32.8. The molecule has 0 spiro atoms. The summed E-state index contributed by atoms with van der Waals surface area (Å²) in [5.41, 5.74) is 8.05. The molecule has 0 saturated carbocycles. The molecular weight excluding hydrogens is 837 g/mol. The van der Waals surface area contributed by atoms with Crippen molar-refractivity contribution in [2.45, 2.75) is 56.5 Å². The van der Waals surface area contributed by atoms with E-state index in [-0.39, 0.29) is 23.9 Å². The Morgan fingerprint density at radius 2 is 1.17 bits per heavy atom. The van der Waals surface area contributed by atoms with Crippen LogP contribution in [0.2, 0.25) is 0 Å². The molecule has 3 aliphatic heterocycles. The van der Waals surface area contributed by atoms with Gasteiger partial charge in [-0.2, -0.15) is 0 Å². The molecule has 2 saturated heterocycles. The van der Waals surface area contributed by atoms with E-state index < -0.39 is 24.3 Å². The number of fused-ring (bicyclic) bond motifs is 5. The molecule has 334 valence electrons. The van der Waals surface area contributed by atoms with Crippen molar-refractivity contribution in [1.82, 2.24) is 40.4 Å². The van der Waals surface area contributed by atoms with Gasteiger partial charge in [0.05, 0.1) is 50.1 Å². The van der Waals surface area contributed by atoms with Crippen molar-refractivity contribution in [3.8, 4) is 39.4 Å². The monoisotopic (exact) mass is 884 g/mol. The Bertz CT molecular complexity index is 2950. The van der Waals surface area contributed by atoms with Gasteiger partial charge in [-0.1, -0.05) is 91.0 Å². The van der Waals surface area contributed by atoms with Crippen LogP contribution in [-0.2, 0) is 25.7 Å². The number of rotatable bonds is 10. The minimum Gasteiger partial charge on any atom is -0.488 e. The summed E-state index contributed by atoms with van der Waals surface area (Å²) in [6.07, 6.45) is 5.35. The molecule has 5 heterocycles. The molecular formula is C51H48N8O7. The van der Waals surface area contributed by atoms with E-state index in [4.69, 9.17) is 24.2 Å². The first kappa shape index (κ1) is 42.0. The van der Waals surface area contributed by atoms with Gasteiger partial charge in [0.25, 0.3) is 11.8 Å². The van der Waals surface area contributed by atoms with Crippen molar-refractivity contribution in [2.75, 3.05) is 27.3 Å². The maximum atomic E-state index is 14.0. The van der Waals surface area contributed by atoms with Crippen LogP contribution in [0.3, 0.4) is 0 Å². The van der Waals surface area contributed by atoms with E-state index in [0.717, 1.165) is 81.4 Å². The second-order valence-electron chi connectivity index (χ2n) is 16.7. The molecule has 0 aliphatic carbocycles. The van der Waals surface area contributed by atoms with Crippen LogP contribution in [0.1, 0.15) is 78.2 Å². The van der Waals surface area contributed by atoms with E-state index >= 15 is 0 Å². The average molecular weight is 885 g/mol. The number of H-pyrrole nitrogens is 2. The maximum absolute atomic E-state index is 14.0. The number of nitrogens with one attached hydrogen (secondary N) is 4. The predicted molar refractivity (Wildman–Crippen MR) is 246 cm³/mol. The van der Waals surface area contributed by atoms with E-state index in [1.807, 2.05) is 60.7 Å². The van der Waals surface area contributed by atoms with Gasteiger partial charge in [-0.05, 0) is 77.1 Å². The van der Waals surface area contributed by atoms with Gasteiger partial charge >= 0.3 is 12.2 Å². The molecule has 0 radical (unpaired) electrons. The van der Waals surface area contributed by atoms with E-state index in [1.54, 1.807) is 22.2 Å². The van der Waals surface area contributed by atoms with Crippen LogP contribution in [0.25, 0.3) is 44.4 Å². The van der Waals surface area contributed by atoms with E-state index in [0.29, 0.717) is 42.5 Å². The van der Waals surface area contributed by atoms with Crippen LogP contribution in [0.15, 0.2) is 122 Å². The number of benzene rings is 5. The van der Waals surface area contributed by atoms with Gasteiger partial charge in [-0.25, -0.2) is 19.6 Å². The third kappa shape index (κ3) is 7.97. The minimum atomic E-state index is -0.894. The summed E-state index contributed by atoms with van der Waals surface area (Å²) in [5, 5.41) is 7.45. The van der Waals surface area contributed by atoms with Crippen molar-refractivity contribution in [2.24, 2.45) is 0 Å². The largest absolute Gasteiger partial charge is 0.488 e. The Balaban J connectivity index is 0.852. The molecule has 7 aromatic rings. The van der Waals surface area contributed by atoms with Crippen LogP contribution in [-0.4, -0.2) is 81.0 Å². The lowest BCUT2D eigenvalue weighted by atomic mass is 9.92. The SMILES string of the molecule is COC(=O)NC(C(=O)N1CCCC1c1ncc(-c2ccc3c(c2)COc2c-3ccc3cc(-c4cnc([C@@H]5CCCN5C(=O)C(NC(=O)OC)c5ccccc5)[nH]4)ccc23)[nH]1)c1ccccc1. The third-order valence-electron chi connectivity index (χ3n) is 12.9. The second-order valence-corrected chi connectivity index (χ2v) is 16.7. The lowest BCUT2D eigenvalue weighted by molar-refractivity contribution is -0.135. The quantitative estimate of drug-likeness (QED) is 0.104. The number of aromatic amines is 2. The predicted octanol–water partition coefficient (Wildman–Crippen LogP) is 8.70. The summed E-state index contributed by atoms with van der Waals surface area (Å²) >= 11 is 0. The highest BCUT2D eigenvalue weighted by Gasteiger charge is 2.39. The van der Waals surface area contributed by atoms with E-state index in [1.165, 1.54) is 14.2 Å². The Morgan fingerprint density at radius 3 is 1.71 bits per heavy atom. The topological polar surface area (TPSA) is 184 Å². The number of hydrogen-bond donors (Lipinski definition) is 4. The van der Waals surface area contributed by atoms with Gasteiger partial charge in [-0.3, -0.25) is 9.59 Å². The highest BCUT2D eigenvalue weighted by Crippen LogP contribution is 2.44. The zero-order valence-electron chi connectivity index (χ0n) is 36.5. The molecule has 4 N–H and O–H groups in total. The third-order valence-corrected chi connectivity index (χ3v) is 12.9. The molecule has 4 amide bonds. The molecule has 3 aliphatic rings. The van der Waals surface area contributed by atoms with Gasteiger partial charge in [0.15, 0.2) is 0 Å². The van der Waals surface area contributed by atoms with Gasteiger partial charge < -0.3 is 44.6 Å². The number of nitrogens with zero attached hydrogens (tertiary/aromatic N) is 4.